The predicted molar refractivity (Wildman–Crippen MR) is 66.9 cm³/mol. The van der Waals surface area contributed by atoms with Crippen LogP contribution in [-0.4, -0.2) is 17.5 Å². The molecular weight excluding hydrogens is 218 g/mol. The zero-order chi connectivity index (χ0) is 12.3. The Morgan fingerprint density at radius 2 is 2.18 bits per heavy atom. The van der Waals surface area contributed by atoms with Gasteiger partial charge in [0.05, 0.1) is 4.92 Å². The summed E-state index contributed by atoms with van der Waals surface area (Å²) in [5, 5.41) is 14.2. The van der Waals surface area contributed by atoms with Gasteiger partial charge in [-0.3, -0.25) is 10.1 Å². The summed E-state index contributed by atoms with van der Waals surface area (Å²) in [6, 6.07) is 7.03. The number of nitrogens with one attached hydrogen (secondary N) is 1. The lowest BCUT2D eigenvalue weighted by Gasteiger charge is -2.20. The zero-order valence-corrected chi connectivity index (χ0v) is 9.63. The predicted octanol–water partition coefficient (Wildman–Crippen LogP) is 2.13. The van der Waals surface area contributed by atoms with Gasteiger partial charge in [0.1, 0.15) is 5.69 Å². The third-order valence-corrected chi connectivity index (χ3v) is 3.40. The molecule has 1 aliphatic carbocycles. The molecule has 0 aliphatic heterocycles. The van der Waals surface area contributed by atoms with E-state index in [0.717, 1.165) is 19.3 Å². The number of rotatable bonds is 4. The fourth-order valence-electron chi connectivity index (χ4n) is 2.46. The Kier molecular flexibility index (Phi) is 3.58. The number of benzene rings is 1. The molecule has 2 unspecified atom stereocenters. The molecule has 0 aromatic heterocycles. The average molecular weight is 235 g/mol. The Morgan fingerprint density at radius 1 is 1.41 bits per heavy atom. The van der Waals surface area contributed by atoms with E-state index >= 15 is 0 Å². The third-order valence-electron chi connectivity index (χ3n) is 3.40. The van der Waals surface area contributed by atoms with Crippen LogP contribution in [-0.2, 0) is 0 Å². The van der Waals surface area contributed by atoms with Crippen molar-refractivity contribution < 1.29 is 4.92 Å². The van der Waals surface area contributed by atoms with Gasteiger partial charge >= 0.3 is 0 Å². The molecule has 0 radical (unpaired) electrons. The van der Waals surface area contributed by atoms with Crippen LogP contribution in [0.1, 0.15) is 19.3 Å². The van der Waals surface area contributed by atoms with Crippen molar-refractivity contribution in [2.24, 2.45) is 11.7 Å². The van der Waals surface area contributed by atoms with Gasteiger partial charge in [-0.25, -0.2) is 0 Å². The van der Waals surface area contributed by atoms with E-state index in [9.17, 15) is 10.1 Å². The van der Waals surface area contributed by atoms with Crippen LogP contribution in [0.5, 0.6) is 0 Å². The van der Waals surface area contributed by atoms with Crippen LogP contribution in [0.15, 0.2) is 24.3 Å². The number of nitrogens with two attached hydrogens (primary N) is 1. The summed E-state index contributed by atoms with van der Waals surface area (Å²) < 4.78 is 0. The second-order valence-corrected chi connectivity index (χ2v) is 4.45. The molecule has 1 fully saturated rings. The third kappa shape index (κ3) is 2.55. The minimum Gasteiger partial charge on any atom is -0.376 e. The highest BCUT2D eigenvalue weighted by Gasteiger charge is 2.27. The maximum Gasteiger partial charge on any atom is 0.292 e. The van der Waals surface area contributed by atoms with Crippen LogP contribution >= 0.6 is 0 Å². The molecule has 5 heteroatoms. The Balaban J connectivity index is 2.15. The van der Waals surface area contributed by atoms with Crippen molar-refractivity contribution in [2.75, 3.05) is 11.9 Å². The minimum absolute atomic E-state index is 0.134. The van der Waals surface area contributed by atoms with Gasteiger partial charge < -0.3 is 11.1 Å². The van der Waals surface area contributed by atoms with E-state index in [-0.39, 0.29) is 16.7 Å². The van der Waals surface area contributed by atoms with Crippen LogP contribution < -0.4 is 11.1 Å². The topological polar surface area (TPSA) is 81.2 Å². The van der Waals surface area contributed by atoms with Gasteiger partial charge in [0.15, 0.2) is 0 Å². The monoisotopic (exact) mass is 235 g/mol. The SMILES string of the molecule is NCC1CCCC1Nc1ccccc1[N+](=O)[O-]. The molecule has 2 rings (SSSR count). The van der Waals surface area contributed by atoms with E-state index in [0.29, 0.717) is 18.2 Å². The number of hydrogen-bond donors (Lipinski definition) is 2. The van der Waals surface area contributed by atoms with Gasteiger partial charge in [0.25, 0.3) is 5.69 Å². The molecule has 3 N–H and O–H groups in total. The second-order valence-electron chi connectivity index (χ2n) is 4.45. The number of hydrogen-bond acceptors (Lipinski definition) is 4. The summed E-state index contributed by atoms with van der Waals surface area (Å²) in [7, 11) is 0. The van der Waals surface area contributed by atoms with E-state index in [1.807, 2.05) is 6.07 Å². The summed E-state index contributed by atoms with van der Waals surface area (Å²) in [4.78, 5) is 10.5. The molecule has 0 spiro atoms. The fraction of sp³-hybridized carbons (Fsp3) is 0.500. The summed E-state index contributed by atoms with van der Waals surface area (Å²) in [6.07, 6.45) is 3.28. The van der Waals surface area contributed by atoms with Crippen molar-refractivity contribution in [1.29, 1.82) is 0 Å². The highest BCUT2D eigenvalue weighted by atomic mass is 16.6. The molecule has 1 aromatic rings. The molecule has 1 aromatic carbocycles. The van der Waals surface area contributed by atoms with Crippen molar-refractivity contribution in [1.82, 2.24) is 0 Å². The van der Waals surface area contributed by atoms with E-state index in [2.05, 4.69) is 5.32 Å². The fourth-order valence-corrected chi connectivity index (χ4v) is 2.46. The maximum absolute atomic E-state index is 10.9. The van der Waals surface area contributed by atoms with Crippen LogP contribution in [0.2, 0.25) is 0 Å². The number of nitro groups is 1. The molecule has 5 nitrogen and oxygen atoms in total. The lowest BCUT2D eigenvalue weighted by molar-refractivity contribution is -0.384. The summed E-state index contributed by atoms with van der Waals surface area (Å²) in [6.45, 7) is 0.637. The minimum atomic E-state index is -0.352. The molecule has 0 saturated heterocycles. The number of nitro benzene ring substituents is 1. The van der Waals surface area contributed by atoms with Crippen molar-refractivity contribution >= 4 is 11.4 Å². The molecule has 1 aliphatic rings. The quantitative estimate of drug-likeness (QED) is 0.618. The normalized spacial score (nSPS) is 23.6. The van der Waals surface area contributed by atoms with Gasteiger partial charge in [0, 0.05) is 12.1 Å². The Hall–Kier alpha value is -1.62. The molecule has 1 saturated carbocycles. The Morgan fingerprint density at radius 3 is 2.88 bits per heavy atom. The average Bonchev–Trinajstić information content (AvgIpc) is 2.77. The highest BCUT2D eigenvalue weighted by Crippen LogP contribution is 2.31. The molecule has 2 atom stereocenters. The smallest absolute Gasteiger partial charge is 0.292 e. The second kappa shape index (κ2) is 5.14. The lowest BCUT2D eigenvalue weighted by Crippen LogP contribution is -2.29. The zero-order valence-electron chi connectivity index (χ0n) is 9.63. The first kappa shape index (κ1) is 11.9. The van der Waals surface area contributed by atoms with Gasteiger partial charge in [-0.1, -0.05) is 18.6 Å². The largest absolute Gasteiger partial charge is 0.376 e. The highest BCUT2D eigenvalue weighted by molar-refractivity contribution is 5.61. The van der Waals surface area contributed by atoms with E-state index in [4.69, 9.17) is 5.73 Å². The molecule has 0 amide bonds. The van der Waals surface area contributed by atoms with Crippen molar-refractivity contribution in [3.8, 4) is 0 Å². The van der Waals surface area contributed by atoms with Crippen LogP contribution in [0.3, 0.4) is 0 Å². The standard InChI is InChI=1S/C12H17N3O2/c13-8-9-4-3-6-10(9)14-11-5-1-2-7-12(11)15(16)17/h1-2,5,7,9-10,14H,3-4,6,8,13H2. The molecule has 0 bridgehead atoms. The Labute approximate surface area is 100 Å². The lowest BCUT2D eigenvalue weighted by atomic mass is 10.0. The molecular formula is C12H17N3O2. The van der Waals surface area contributed by atoms with Gasteiger partial charge in [-0.05, 0) is 31.4 Å². The summed E-state index contributed by atoms with van der Waals surface area (Å²) in [5.41, 5.74) is 6.44. The van der Waals surface area contributed by atoms with Gasteiger partial charge in [0.2, 0.25) is 0 Å². The van der Waals surface area contributed by atoms with Crippen molar-refractivity contribution in [3.63, 3.8) is 0 Å². The number of anilines is 1. The van der Waals surface area contributed by atoms with Crippen molar-refractivity contribution in [3.05, 3.63) is 34.4 Å². The number of para-hydroxylation sites is 2. The molecule has 0 heterocycles. The first-order valence-corrected chi connectivity index (χ1v) is 5.92. The maximum atomic E-state index is 10.9. The molecule has 17 heavy (non-hydrogen) atoms. The van der Waals surface area contributed by atoms with Crippen LogP contribution in [0, 0.1) is 16.0 Å². The van der Waals surface area contributed by atoms with Gasteiger partial charge in [-0.2, -0.15) is 0 Å². The van der Waals surface area contributed by atoms with Crippen LogP contribution in [0.4, 0.5) is 11.4 Å². The van der Waals surface area contributed by atoms with E-state index < -0.39 is 0 Å². The molecule has 92 valence electrons. The van der Waals surface area contributed by atoms with E-state index in [1.54, 1.807) is 12.1 Å². The summed E-state index contributed by atoms with van der Waals surface area (Å²) in [5.74, 6) is 0.426. The first-order chi connectivity index (χ1) is 8.22. The van der Waals surface area contributed by atoms with Crippen LogP contribution in [0.25, 0.3) is 0 Å². The number of nitrogens with zero attached hydrogens (tertiary/aromatic N) is 1. The summed E-state index contributed by atoms with van der Waals surface area (Å²) >= 11 is 0. The van der Waals surface area contributed by atoms with Gasteiger partial charge in [-0.15, -0.1) is 0 Å². The van der Waals surface area contributed by atoms with E-state index in [1.165, 1.54) is 6.07 Å². The first-order valence-electron chi connectivity index (χ1n) is 5.92. The van der Waals surface area contributed by atoms with Crippen molar-refractivity contribution in [2.45, 2.75) is 25.3 Å². The Bertz CT molecular complexity index is 408.